The van der Waals surface area contributed by atoms with E-state index in [4.69, 9.17) is 9.47 Å². The zero-order valence-electron chi connectivity index (χ0n) is 17.4. The van der Waals surface area contributed by atoms with E-state index < -0.39 is 0 Å². The van der Waals surface area contributed by atoms with Crippen molar-refractivity contribution in [2.75, 3.05) is 51.8 Å². The number of hydrogen-bond donors (Lipinski definition) is 1. The van der Waals surface area contributed by atoms with E-state index in [9.17, 15) is 14.4 Å². The molecule has 1 fully saturated rings. The van der Waals surface area contributed by atoms with Crippen LogP contribution in [0.4, 0.5) is 5.69 Å². The van der Waals surface area contributed by atoms with Gasteiger partial charge in [0, 0.05) is 37.4 Å². The number of carbonyl (C=O) groups excluding carboxylic acids is 3. The molecule has 0 aromatic heterocycles. The van der Waals surface area contributed by atoms with Crippen LogP contribution in [0.2, 0.25) is 0 Å². The Labute approximate surface area is 180 Å². The second kappa shape index (κ2) is 9.28. The molecular weight excluding hydrogens is 398 g/mol. The molecule has 0 atom stereocenters. The molecule has 2 aliphatic rings. The molecule has 31 heavy (non-hydrogen) atoms. The van der Waals surface area contributed by atoms with Gasteiger partial charge in [-0.15, -0.1) is 0 Å². The van der Waals surface area contributed by atoms with Gasteiger partial charge in [-0.1, -0.05) is 0 Å². The summed E-state index contributed by atoms with van der Waals surface area (Å²) in [5.41, 5.74) is 1.56. The first kappa shape index (κ1) is 21.0. The van der Waals surface area contributed by atoms with Gasteiger partial charge in [0.05, 0.1) is 31.5 Å². The average Bonchev–Trinajstić information content (AvgIpc) is 3.04. The van der Waals surface area contributed by atoms with Gasteiger partial charge in [-0.05, 0) is 48.9 Å². The van der Waals surface area contributed by atoms with E-state index in [1.165, 1.54) is 11.0 Å². The maximum absolute atomic E-state index is 12.8. The number of amides is 3. The zero-order chi connectivity index (χ0) is 21.8. The summed E-state index contributed by atoms with van der Waals surface area (Å²) in [4.78, 5) is 41.7. The van der Waals surface area contributed by atoms with E-state index in [2.05, 4.69) is 10.2 Å². The number of imide groups is 1. The molecule has 162 valence electrons. The number of benzene rings is 2. The summed E-state index contributed by atoms with van der Waals surface area (Å²) in [5, 5.41) is 2.79. The van der Waals surface area contributed by atoms with Gasteiger partial charge in [-0.25, -0.2) is 0 Å². The molecule has 2 aromatic rings. The van der Waals surface area contributed by atoms with Gasteiger partial charge in [0.2, 0.25) is 0 Å². The fourth-order valence-corrected chi connectivity index (χ4v) is 3.79. The third-order valence-electron chi connectivity index (χ3n) is 5.54. The molecule has 2 aliphatic heterocycles. The van der Waals surface area contributed by atoms with E-state index in [1.54, 1.807) is 43.5 Å². The van der Waals surface area contributed by atoms with Gasteiger partial charge >= 0.3 is 0 Å². The first-order chi connectivity index (χ1) is 15.1. The van der Waals surface area contributed by atoms with Gasteiger partial charge in [0.1, 0.15) is 5.75 Å². The molecule has 3 amide bonds. The highest BCUT2D eigenvalue weighted by Gasteiger charge is 2.35. The number of nitrogens with one attached hydrogen (secondary N) is 1. The number of carbonyl (C=O) groups is 3. The monoisotopic (exact) mass is 423 g/mol. The van der Waals surface area contributed by atoms with Crippen molar-refractivity contribution in [2.24, 2.45) is 0 Å². The molecule has 4 rings (SSSR count). The highest BCUT2D eigenvalue weighted by molar-refractivity contribution is 6.22. The minimum Gasteiger partial charge on any atom is -0.497 e. The summed E-state index contributed by atoms with van der Waals surface area (Å²) in [6.45, 7) is 4.34. The van der Waals surface area contributed by atoms with E-state index in [0.717, 1.165) is 19.6 Å². The molecule has 0 aliphatic carbocycles. The predicted molar refractivity (Wildman–Crippen MR) is 115 cm³/mol. The van der Waals surface area contributed by atoms with Gasteiger partial charge < -0.3 is 14.8 Å². The Morgan fingerprint density at radius 3 is 2.42 bits per heavy atom. The third kappa shape index (κ3) is 4.60. The number of hydrogen-bond acceptors (Lipinski definition) is 6. The maximum Gasteiger partial charge on any atom is 0.261 e. The maximum atomic E-state index is 12.8. The van der Waals surface area contributed by atoms with Crippen molar-refractivity contribution >= 4 is 23.4 Å². The molecule has 1 saturated heterocycles. The number of rotatable bonds is 7. The largest absolute Gasteiger partial charge is 0.497 e. The number of nitrogens with zero attached hydrogens (tertiary/aromatic N) is 2. The normalized spacial score (nSPS) is 16.4. The molecular formula is C23H25N3O5. The topological polar surface area (TPSA) is 88.2 Å². The fourth-order valence-electron chi connectivity index (χ4n) is 3.79. The predicted octanol–water partition coefficient (Wildman–Crippen LogP) is 2.27. The van der Waals surface area contributed by atoms with Crippen LogP contribution < -0.4 is 10.1 Å². The summed E-state index contributed by atoms with van der Waals surface area (Å²) in [5.74, 6) is -0.308. The average molecular weight is 423 g/mol. The lowest BCUT2D eigenvalue weighted by Crippen LogP contribution is -2.39. The molecule has 0 radical (unpaired) electrons. The lowest BCUT2D eigenvalue weighted by molar-refractivity contribution is 0.0355. The van der Waals surface area contributed by atoms with Crippen LogP contribution in [0, 0.1) is 0 Å². The van der Waals surface area contributed by atoms with E-state index in [1.807, 2.05) is 0 Å². The van der Waals surface area contributed by atoms with Crippen LogP contribution in [0.3, 0.4) is 0 Å². The highest BCUT2D eigenvalue weighted by Crippen LogP contribution is 2.25. The van der Waals surface area contributed by atoms with Crippen molar-refractivity contribution in [3.05, 3.63) is 59.2 Å². The van der Waals surface area contributed by atoms with Crippen LogP contribution in [-0.2, 0) is 4.74 Å². The Hall–Kier alpha value is -3.23. The Kier molecular flexibility index (Phi) is 6.29. The lowest BCUT2D eigenvalue weighted by Gasteiger charge is -2.27. The SMILES string of the molecule is COc1ccc(NC(=O)c2ccc3c(c2)C(=O)N(CCCN2CCOCC2)C3=O)cc1. The first-order valence-corrected chi connectivity index (χ1v) is 10.3. The molecule has 8 heteroatoms. The lowest BCUT2D eigenvalue weighted by atomic mass is 10.1. The van der Waals surface area contributed by atoms with E-state index >= 15 is 0 Å². The van der Waals surface area contributed by atoms with Crippen LogP contribution in [0.25, 0.3) is 0 Å². The summed E-state index contributed by atoms with van der Waals surface area (Å²) < 4.78 is 10.4. The number of fused-ring (bicyclic) bond motifs is 1. The summed E-state index contributed by atoms with van der Waals surface area (Å²) in [7, 11) is 1.57. The van der Waals surface area contributed by atoms with Gasteiger partial charge in [-0.2, -0.15) is 0 Å². The summed E-state index contributed by atoms with van der Waals surface area (Å²) in [6, 6.07) is 11.6. The smallest absolute Gasteiger partial charge is 0.261 e. The molecule has 2 heterocycles. The Balaban J connectivity index is 1.40. The first-order valence-electron chi connectivity index (χ1n) is 10.3. The van der Waals surface area contributed by atoms with Gasteiger partial charge in [0.15, 0.2) is 0 Å². The van der Waals surface area contributed by atoms with Gasteiger partial charge in [-0.3, -0.25) is 24.2 Å². The zero-order valence-corrected chi connectivity index (χ0v) is 17.4. The van der Waals surface area contributed by atoms with Crippen LogP contribution in [0.15, 0.2) is 42.5 Å². The van der Waals surface area contributed by atoms with Crippen molar-refractivity contribution < 1.29 is 23.9 Å². The quantitative estimate of drug-likeness (QED) is 0.688. The highest BCUT2D eigenvalue weighted by atomic mass is 16.5. The minimum absolute atomic E-state index is 0.277. The molecule has 1 N–H and O–H groups in total. The molecule has 0 saturated carbocycles. The number of anilines is 1. The molecule has 0 spiro atoms. The Morgan fingerprint density at radius 1 is 1.00 bits per heavy atom. The number of ether oxygens (including phenoxy) is 2. The van der Waals surface area contributed by atoms with Crippen molar-refractivity contribution in [1.29, 1.82) is 0 Å². The van der Waals surface area contributed by atoms with E-state index in [0.29, 0.717) is 48.7 Å². The van der Waals surface area contributed by atoms with Crippen LogP contribution in [0.5, 0.6) is 5.75 Å². The molecule has 8 nitrogen and oxygen atoms in total. The number of morpholine rings is 1. The standard InChI is InChI=1S/C23H25N3O5/c1-30-18-6-4-17(5-7-18)24-21(27)16-3-8-19-20(15-16)23(29)26(22(19)28)10-2-9-25-11-13-31-14-12-25/h3-8,15H,2,9-14H2,1H3,(H,24,27). The summed E-state index contributed by atoms with van der Waals surface area (Å²) >= 11 is 0. The van der Waals surface area contributed by atoms with Crippen LogP contribution >= 0.6 is 0 Å². The van der Waals surface area contributed by atoms with Crippen LogP contribution in [0.1, 0.15) is 37.5 Å². The van der Waals surface area contributed by atoms with Crippen molar-refractivity contribution in [3.63, 3.8) is 0 Å². The summed E-state index contributed by atoms with van der Waals surface area (Å²) in [6.07, 6.45) is 0.705. The Bertz CT molecular complexity index is 983. The second-order valence-corrected chi connectivity index (χ2v) is 7.51. The number of methoxy groups -OCH3 is 1. The fraction of sp³-hybridized carbons (Fsp3) is 0.348. The molecule has 0 unspecified atom stereocenters. The Morgan fingerprint density at radius 2 is 1.71 bits per heavy atom. The molecule has 0 bridgehead atoms. The van der Waals surface area contributed by atoms with Crippen molar-refractivity contribution in [2.45, 2.75) is 6.42 Å². The van der Waals surface area contributed by atoms with Gasteiger partial charge in [0.25, 0.3) is 17.7 Å². The third-order valence-corrected chi connectivity index (χ3v) is 5.54. The second-order valence-electron chi connectivity index (χ2n) is 7.51. The molecule has 2 aromatic carbocycles. The minimum atomic E-state index is -0.348. The van der Waals surface area contributed by atoms with Crippen molar-refractivity contribution in [1.82, 2.24) is 9.80 Å². The van der Waals surface area contributed by atoms with Crippen molar-refractivity contribution in [3.8, 4) is 5.75 Å². The van der Waals surface area contributed by atoms with Crippen LogP contribution in [-0.4, -0.2) is 74.0 Å². The van der Waals surface area contributed by atoms with E-state index in [-0.39, 0.29) is 23.3 Å².